The Morgan fingerprint density at radius 3 is 2.20 bits per heavy atom. The Balaban J connectivity index is 3.15. The van der Waals surface area contributed by atoms with Gasteiger partial charge in [-0.05, 0) is 27.2 Å². The molecule has 1 aromatic rings. The summed E-state index contributed by atoms with van der Waals surface area (Å²) in [5.74, 6) is 2.21. The Kier molecular flexibility index (Phi) is 6.16. The van der Waals surface area contributed by atoms with Gasteiger partial charge in [0.15, 0.2) is 0 Å². The molecule has 0 aromatic carbocycles. The molecule has 0 saturated heterocycles. The maximum atomic E-state index is 9.40. The summed E-state index contributed by atoms with van der Waals surface area (Å²) in [6.07, 6.45) is 1.76. The second kappa shape index (κ2) is 7.40. The van der Waals surface area contributed by atoms with Crippen LogP contribution in [0.2, 0.25) is 0 Å². The number of hydrogen-bond acceptors (Lipinski definition) is 6. The van der Waals surface area contributed by atoms with Crippen LogP contribution < -0.4 is 10.6 Å². The third-order valence-electron chi connectivity index (χ3n) is 3.13. The highest BCUT2D eigenvalue weighted by molar-refractivity contribution is 5.58. The van der Waals surface area contributed by atoms with Gasteiger partial charge in [-0.15, -0.1) is 0 Å². The second-order valence-electron chi connectivity index (χ2n) is 5.24. The topological polar surface area (TPSA) is 90.3 Å². The van der Waals surface area contributed by atoms with E-state index in [-0.39, 0.29) is 13.2 Å². The standard InChI is InChI=1S/C14H26N4O2/c1-5-7-11-16-12(15-6-2)10(3)13(17-11)18-14(4,8-19)9-20/h19-20H,5-9H2,1-4H3,(H2,15,16,17,18). The second-order valence-corrected chi connectivity index (χ2v) is 5.24. The first-order valence-corrected chi connectivity index (χ1v) is 7.11. The van der Waals surface area contributed by atoms with Gasteiger partial charge in [-0.1, -0.05) is 6.92 Å². The van der Waals surface area contributed by atoms with Crippen LogP contribution in [0.25, 0.3) is 0 Å². The number of aryl methyl sites for hydroxylation is 1. The van der Waals surface area contributed by atoms with Crippen molar-refractivity contribution in [1.82, 2.24) is 9.97 Å². The minimum Gasteiger partial charge on any atom is -0.394 e. The van der Waals surface area contributed by atoms with Crippen molar-refractivity contribution in [2.75, 3.05) is 30.4 Å². The average Bonchev–Trinajstić information content (AvgIpc) is 2.44. The Hall–Kier alpha value is -1.40. The van der Waals surface area contributed by atoms with E-state index in [0.29, 0.717) is 5.82 Å². The van der Waals surface area contributed by atoms with Crippen LogP contribution in [0.5, 0.6) is 0 Å². The predicted molar refractivity (Wildman–Crippen MR) is 81.1 cm³/mol. The lowest BCUT2D eigenvalue weighted by atomic mass is 10.1. The van der Waals surface area contributed by atoms with Crippen molar-refractivity contribution in [3.8, 4) is 0 Å². The van der Waals surface area contributed by atoms with Crippen molar-refractivity contribution in [1.29, 1.82) is 0 Å². The van der Waals surface area contributed by atoms with Crippen molar-refractivity contribution < 1.29 is 10.2 Å². The van der Waals surface area contributed by atoms with E-state index in [4.69, 9.17) is 0 Å². The van der Waals surface area contributed by atoms with Crippen LogP contribution in [0.4, 0.5) is 11.6 Å². The zero-order chi connectivity index (χ0) is 15.2. The van der Waals surface area contributed by atoms with E-state index in [0.717, 1.165) is 36.6 Å². The van der Waals surface area contributed by atoms with Crippen molar-refractivity contribution in [2.24, 2.45) is 0 Å². The molecule has 0 saturated carbocycles. The number of hydrogen-bond donors (Lipinski definition) is 4. The summed E-state index contributed by atoms with van der Waals surface area (Å²) in [4.78, 5) is 9.01. The quantitative estimate of drug-likeness (QED) is 0.575. The zero-order valence-corrected chi connectivity index (χ0v) is 12.8. The molecule has 20 heavy (non-hydrogen) atoms. The molecule has 1 heterocycles. The highest BCUT2D eigenvalue weighted by Crippen LogP contribution is 2.23. The minimum absolute atomic E-state index is 0.174. The molecule has 4 N–H and O–H groups in total. The molecule has 0 fully saturated rings. The van der Waals surface area contributed by atoms with Gasteiger partial charge in [0.1, 0.15) is 17.5 Å². The largest absolute Gasteiger partial charge is 0.394 e. The first-order chi connectivity index (χ1) is 9.49. The van der Waals surface area contributed by atoms with Gasteiger partial charge in [0, 0.05) is 18.5 Å². The molecule has 0 unspecified atom stereocenters. The molecule has 0 amide bonds. The van der Waals surface area contributed by atoms with Crippen LogP contribution in [0.1, 0.15) is 38.6 Å². The predicted octanol–water partition coefficient (Wildman–Crippen LogP) is 1.32. The average molecular weight is 282 g/mol. The highest BCUT2D eigenvalue weighted by atomic mass is 16.3. The molecule has 0 aliphatic carbocycles. The van der Waals surface area contributed by atoms with Crippen LogP contribution in [-0.2, 0) is 6.42 Å². The molecule has 114 valence electrons. The fourth-order valence-corrected chi connectivity index (χ4v) is 1.77. The summed E-state index contributed by atoms with van der Waals surface area (Å²) in [6.45, 7) is 8.19. The number of aliphatic hydroxyl groups is 2. The zero-order valence-electron chi connectivity index (χ0n) is 12.8. The van der Waals surface area contributed by atoms with Crippen molar-refractivity contribution in [3.63, 3.8) is 0 Å². The van der Waals surface area contributed by atoms with E-state index in [2.05, 4.69) is 27.5 Å². The van der Waals surface area contributed by atoms with Crippen LogP contribution in [0.15, 0.2) is 0 Å². The lowest BCUT2D eigenvalue weighted by Crippen LogP contribution is -2.43. The van der Waals surface area contributed by atoms with E-state index in [1.807, 2.05) is 13.8 Å². The Labute approximate surface area is 120 Å². The molecule has 0 atom stereocenters. The van der Waals surface area contributed by atoms with Gasteiger partial charge < -0.3 is 20.8 Å². The van der Waals surface area contributed by atoms with Crippen molar-refractivity contribution in [3.05, 3.63) is 11.4 Å². The van der Waals surface area contributed by atoms with Gasteiger partial charge in [0.2, 0.25) is 0 Å². The SMILES string of the molecule is CCCc1nc(NCC)c(C)c(NC(C)(CO)CO)n1. The molecule has 0 spiro atoms. The normalized spacial score (nSPS) is 11.5. The van der Waals surface area contributed by atoms with E-state index in [1.54, 1.807) is 6.92 Å². The molecule has 6 heteroatoms. The summed E-state index contributed by atoms with van der Waals surface area (Å²) in [7, 11) is 0. The number of nitrogens with one attached hydrogen (secondary N) is 2. The Morgan fingerprint density at radius 1 is 1.10 bits per heavy atom. The molecule has 6 nitrogen and oxygen atoms in total. The highest BCUT2D eigenvalue weighted by Gasteiger charge is 2.24. The summed E-state index contributed by atoms with van der Waals surface area (Å²) in [5.41, 5.74) is 0.0892. The number of rotatable bonds is 8. The molecule has 0 radical (unpaired) electrons. The molecular formula is C14H26N4O2. The molecule has 1 aromatic heterocycles. The third-order valence-corrected chi connectivity index (χ3v) is 3.13. The van der Waals surface area contributed by atoms with Gasteiger partial charge in [-0.2, -0.15) is 0 Å². The first kappa shape index (κ1) is 16.7. The summed E-state index contributed by atoms with van der Waals surface area (Å²) < 4.78 is 0. The lowest BCUT2D eigenvalue weighted by Gasteiger charge is -2.28. The lowest BCUT2D eigenvalue weighted by molar-refractivity contribution is 0.147. The summed E-state index contributed by atoms with van der Waals surface area (Å²) in [5, 5.41) is 25.2. The maximum Gasteiger partial charge on any atom is 0.135 e. The van der Waals surface area contributed by atoms with Crippen molar-refractivity contribution >= 4 is 11.6 Å². The fourth-order valence-electron chi connectivity index (χ4n) is 1.77. The molecule has 0 aliphatic heterocycles. The molecule has 0 bridgehead atoms. The fraction of sp³-hybridized carbons (Fsp3) is 0.714. The molecular weight excluding hydrogens is 256 g/mol. The number of anilines is 2. The Bertz CT molecular complexity index is 433. The Morgan fingerprint density at radius 2 is 1.70 bits per heavy atom. The number of aromatic nitrogens is 2. The molecule has 1 rings (SSSR count). The monoisotopic (exact) mass is 282 g/mol. The van der Waals surface area contributed by atoms with Gasteiger partial charge in [-0.25, -0.2) is 9.97 Å². The van der Waals surface area contributed by atoms with E-state index in [1.165, 1.54) is 0 Å². The van der Waals surface area contributed by atoms with E-state index >= 15 is 0 Å². The minimum atomic E-state index is -0.800. The third kappa shape index (κ3) is 4.05. The van der Waals surface area contributed by atoms with E-state index in [9.17, 15) is 10.2 Å². The molecule has 0 aliphatic rings. The number of aliphatic hydroxyl groups excluding tert-OH is 2. The summed E-state index contributed by atoms with van der Waals surface area (Å²) in [6, 6.07) is 0. The maximum absolute atomic E-state index is 9.40. The smallest absolute Gasteiger partial charge is 0.135 e. The van der Waals surface area contributed by atoms with Gasteiger partial charge in [-0.3, -0.25) is 0 Å². The summed E-state index contributed by atoms with van der Waals surface area (Å²) >= 11 is 0. The van der Waals surface area contributed by atoms with Crippen molar-refractivity contribution in [2.45, 2.75) is 46.1 Å². The van der Waals surface area contributed by atoms with Gasteiger partial charge in [0.25, 0.3) is 0 Å². The first-order valence-electron chi connectivity index (χ1n) is 7.11. The van der Waals surface area contributed by atoms with Crippen LogP contribution in [0.3, 0.4) is 0 Å². The van der Waals surface area contributed by atoms with Gasteiger partial charge in [0.05, 0.1) is 18.8 Å². The number of nitrogens with zero attached hydrogens (tertiary/aromatic N) is 2. The van der Waals surface area contributed by atoms with Crippen LogP contribution in [-0.4, -0.2) is 45.5 Å². The van der Waals surface area contributed by atoms with E-state index < -0.39 is 5.54 Å². The van der Waals surface area contributed by atoms with Crippen LogP contribution >= 0.6 is 0 Å². The van der Waals surface area contributed by atoms with Gasteiger partial charge >= 0.3 is 0 Å². The van der Waals surface area contributed by atoms with Crippen LogP contribution in [0, 0.1) is 6.92 Å².